The smallest absolute Gasteiger partial charge is 0.305 e. The molecule has 1 fully saturated rings. The summed E-state index contributed by atoms with van der Waals surface area (Å²) in [6.45, 7) is 6.41. The Kier molecular flexibility index (Phi) is 7.54. The molecule has 0 aromatic heterocycles. The Hall–Kier alpha value is -1.14. The summed E-state index contributed by atoms with van der Waals surface area (Å²) in [4.78, 5) is 24.3. The molecule has 1 aliphatic rings. The maximum absolute atomic E-state index is 12.1. The minimum Gasteiger partial charge on any atom is -0.481 e. The molecule has 6 heteroatoms. The van der Waals surface area contributed by atoms with E-state index in [9.17, 15) is 9.59 Å². The van der Waals surface area contributed by atoms with Gasteiger partial charge in [0, 0.05) is 12.6 Å². The van der Waals surface area contributed by atoms with Gasteiger partial charge in [0.2, 0.25) is 5.91 Å². The van der Waals surface area contributed by atoms with Crippen LogP contribution in [0.1, 0.15) is 39.5 Å². The third-order valence-corrected chi connectivity index (χ3v) is 3.47. The number of nitrogens with one attached hydrogen (secondary N) is 1. The Balaban J connectivity index is 2.28. The van der Waals surface area contributed by atoms with Gasteiger partial charge in [0.25, 0.3) is 0 Å². The minimum atomic E-state index is -0.880. The molecule has 1 aliphatic heterocycles. The highest BCUT2D eigenvalue weighted by molar-refractivity contribution is 5.77. The lowest BCUT2D eigenvalue weighted by atomic mass is 10.1. The van der Waals surface area contributed by atoms with Gasteiger partial charge in [0.1, 0.15) is 0 Å². The second-order valence-electron chi connectivity index (χ2n) is 5.39. The summed E-state index contributed by atoms with van der Waals surface area (Å²) in [7, 11) is 0. The molecule has 0 bridgehead atoms. The molecule has 0 unspecified atom stereocenters. The van der Waals surface area contributed by atoms with Gasteiger partial charge in [-0.1, -0.05) is 0 Å². The van der Waals surface area contributed by atoms with Crippen LogP contribution in [0.5, 0.6) is 0 Å². The van der Waals surface area contributed by atoms with Crippen molar-refractivity contribution in [3.05, 3.63) is 0 Å². The van der Waals surface area contributed by atoms with Gasteiger partial charge in [-0.2, -0.15) is 0 Å². The number of carboxylic acids is 1. The first-order valence-electron chi connectivity index (χ1n) is 7.34. The number of piperidine rings is 1. The molecule has 116 valence electrons. The normalized spacial score (nSPS) is 16.4. The summed E-state index contributed by atoms with van der Waals surface area (Å²) in [5.41, 5.74) is 0. The molecule has 20 heavy (non-hydrogen) atoms. The van der Waals surface area contributed by atoms with Crippen molar-refractivity contribution >= 4 is 11.9 Å². The molecule has 2 N–H and O–H groups in total. The van der Waals surface area contributed by atoms with E-state index in [1.54, 1.807) is 4.90 Å². The van der Waals surface area contributed by atoms with Crippen LogP contribution in [0.25, 0.3) is 0 Å². The van der Waals surface area contributed by atoms with Gasteiger partial charge in [0.15, 0.2) is 0 Å². The van der Waals surface area contributed by atoms with Crippen LogP contribution in [0.3, 0.4) is 0 Å². The van der Waals surface area contributed by atoms with E-state index in [1.165, 1.54) is 0 Å². The van der Waals surface area contributed by atoms with Gasteiger partial charge in [-0.05, 0) is 39.8 Å². The van der Waals surface area contributed by atoms with Gasteiger partial charge in [0.05, 0.1) is 25.6 Å². The molecule has 1 saturated heterocycles. The average molecular weight is 286 g/mol. The van der Waals surface area contributed by atoms with E-state index in [1.807, 2.05) is 13.8 Å². The summed E-state index contributed by atoms with van der Waals surface area (Å²) in [5, 5.41) is 12.0. The van der Waals surface area contributed by atoms with Crippen LogP contribution in [0, 0.1) is 0 Å². The number of carbonyl (C=O) groups is 2. The van der Waals surface area contributed by atoms with Gasteiger partial charge >= 0.3 is 5.97 Å². The Morgan fingerprint density at radius 2 is 1.95 bits per heavy atom. The van der Waals surface area contributed by atoms with Crippen molar-refractivity contribution < 1.29 is 19.4 Å². The number of rotatable bonds is 8. The summed E-state index contributed by atoms with van der Waals surface area (Å²) < 4.78 is 5.71. The second-order valence-corrected chi connectivity index (χ2v) is 5.39. The van der Waals surface area contributed by atoms with Crippen LogP contribution in [0.15, 0.2) is 0 Å². The zero-order valence-corrected chi connectivity index (χ0v) is 12.4. The molecule has 0 aliphatic carbocycles. The standard InChI is InChI=1S/C14H26N2O4/c1-11(2)16(9-5-14(18)19)13(17)6-10-20-12-3-7-15-8-4-12/h11-12,15H,3-10H2,1-2H3,(H,18,19). The first kappa shape index (κ1) is 16.9. The lowest BCUT2D eigenvalue weighted by molar-refractivity contribution is -0.139. The topological polar surface area (TPSA) is 78.9 Å². The summed E-state index contributed by atoms with van der Waals surface area (Å²) in [5.74, 6) is -0.912. The molecule has 6 nitrogen and oxygen atoms in total. The van der Waals surface area contributed by atoms with E-state index in [0.717, 1.165) is 25.9 Å². The maximum atomic E-state index is 12.1. The van der Waals surface area contributed by atoms with Crippen LogP contribution in [0.4, 0.5) is 0 Å². The average Bonchev–Trinajstić information content (AvgIpc) is 2.39. The number of hydrogen-bond acceptors (Lipinski definition) is 4. The molecule has 0 saturated carbocycles. The van der Waals surface area contributed by atoms with Gasteiger partial charge in [-0.3, -0.25) is 9.59 Å². The van der Waals surface area contributed by atoms with Crippen LogP contribution >= 0.6 is 0 Å². The molecule has 0 aromatic rings. The highest BCUT2D eigenvalue weighted by Gasteiger charge is 2.19. The number of carbonyl (C=O) groups excluding carboxylic acids is 1. The monoisotopic (exact) mass is 286 g/mol. The second kappa shape index (κ2) is 8.92. The van der Waals surface area contributed by atoms with Crippen LogP contribution in [0.2, 0.25) is 0 Å². The fraction of sp³-hybridized carbons (Fsp3) is 0.857. The summed E-state index contributed by atoms with van der Waals surface area (Å²) >= 11 is 0. The van der Waals surface area contributed by atoms with Crippen molar-refractivity contribution in [1.29, 1.82) is 0 Å². The number of nitrogens with zero attached hydrogens (tertiary/aromatic N) is 1. The summed E-state index contributed by atoms with van der Waals surface area (Å²) in [6.07, 6.45) is 2.53. The Morgan fingerprint density at radius 3 is 2.50 bits per heavy atom. The van der Waals surface area contributed by atoms with E-state index in [2.05, 4.69) is 5.32 Å². The third kappa shape index (κ3) is 6.34. The molecule has 1 rings (SSSR count). The first-order valence-corrected chi connectivity index (χ1v) is 7.34. The zero-order chi connectivity index (χ0) is 15.0. The Bertz CT molecular complexity index is 314. The highest BCUT2D eigenvalue weighted by atomic mass is 16.5. The van der Waals surface area contributed by atoms with E-state index in [0.29, 0.717) is 13.0 Å². The quantitative estimate of drug-likeness (QED) is 0.692. The van der Waals surface area contributed by atoms with Gasteiger partial charge < -0.3 is 20.1 Å². The van der Waals surface area contributed by atoms with Crippen molar-refractivity contribution in [2.75, 3.05) is 26.2 Å². The van der Waals surface area contributed by atoms with Crippen molar-refractivity contribution in [3.8, 4) is 0 Å². The van der Waals surface area contributed by atoms with Crippen LogP contribution in [-0.4, -0.2) is 60.3 Å². The summed E-state index contributed by atoms with van der Waals surface area (Å²) in [6, 6.07) is 0.0146. The van der Waals surface area contributed by atoms with E-state index in [4.69, 9.17) is 9.84 Å². The first-order chi connectivity index (χ1) is 9.50. The number of hydrogen-bond donors (Lipinski definition) is 2. The predicted octanol–water partition coefficient (Wildman–Crippen LogP) is 0.857. The van der Waals surface area contributed by atoms with E-state index < -0.39 is 5.97 Å². The Morgan fingerprint density at radius 1 is 1.30 bits per heavy atom. The SMILES string of the molecule is CC(C)N(CCC(=O)O)C(=O)CCOC1CCNCC1. The predicted molar refractivity (Wildman–Crippen MR) is 75.6 cm³/mol. The molecular weight excluding hydrogens is 260 g/mol. The number of carboxylic acid groups (broad SMARTS) is 1. The Labute approximate surface area is 120 Å². The zero-order valence-electron chi connectivity index (χ0n) is 12.4. The van der Waals surface area contributed by atoms with Crippen molar-refractivity contribution in [1.82, 2.24) is 10.2 Å². The van der Waals surface area contributed by atoms with E-state index in [-0.39, 0.29) is 31.0 Å². The van der Waals surface area contributed by atoms with E-state index >= 15 is 0 Å². The van der Waals surface area contributed by atoms with Crippen molar-refractivity contribution in [2.45, 2.75) is 51.7 Å². The molecule has 1 heterocycles. The highest BCUT2D eigenvalue weighted by Crippen LogP contribution is 2.09. The number of ether oxygens (including phenoxy) is 1. The van der Waals surface area contributed by atoms with Gasteiger partial charge in [-0.15, -0.1) is 0 Å². The van der Waals surface area contributed by atoms with Gasteiger partial charge in [-0.25, -0.2) is 0 Å². The molecular formula is C14H26N2O4. The largest absolute Gasteiger partial charge is 0.481 e. The molecule has 0 atom stereocenters. The van der Waals surface area contributed by atoms with Crippen LogP contribution in [-0.2, 0) is 14.3 Å². The van der Waals surface area contributed by atoms with Crippen molar-refractivity contribution in [2.24, 2.45) is 0 Å². The minimum absolute atomic E-state index is 0.0146. The lowest BCUT2D eigenvalue weighted by Gasteiger charge is -2.27. The molecule has 0 aromatic carbocycles. The third-order valence-electron chi connectivity index (χ3n) is 3.47. The lowest BCUT2D eigenvalue weighted by Crippen LogP contribution is -2.39. The molecule has 0 spiro atoms. The number of aliphatic carboxylic acids is 1. The molecule has 0 radical (unpaired) electrons. The maximum Gasteiger partial charge on any atom is 0.305 e. The number of amides is 1. The van der Waals surface area contributed by atoms with Crippen molar-refractivity contribution in [3.63, 3.8) is 0 Å². The fourth-order valence-electron chi connectivity index (χ4n) is 2.31. The fourth-order valence-corrected chi connectivity index (χ4v) is 2.31. The van der Waals surface area contributed by atoms with Crippen LogP contribution < -0.4 is 5.32 Å². The molecule has 1 amide bonds.